The van der Waals surface area contributed by atoms with Gasteiger partial charge in [0, 0.05) is 12.8 Å². The molecule has 0 aliphatic heterocycles. The first-order chi connectivity index (χ1) is 17.3. The summed E-state index contributed by atoms with van der Waals surface area (Å²) in [7, 11) is 1.38. The molecule has 0 saturated carbocycles. The maximum absolute atomic E-state index is 12.2. The summed E-state index contributed by atoms with van der Waals surface area (Å²) in [6.45, 7) is 7.64. The van der Waals surface area contributed by atoms with Crippen molar-refractivity contribution in [1.82, 2.24) is 5.32 Å². The number of rotatable bonds is 16. The van der Waals surface area contributed by atoms with E-state index < -0.39 is 11.7 Å². The fourth-order valence-corrected chi connectivity index (χ4v) is 3.82. The van der Waals surface area contributed by atoms with Crippen LogP contribution in [0.1, 0.15) is 70.4 Å². The smallest absolute Gasteiger partial charge is 0.347 e. The second-order valence-corrected chi connectivity index (χ2v) is 10.1. The van der Waals surface area contributed by atoms with Crippen LogP contribution < -0.4 is 10.1 Å². The third-order valence-electron chi connectivity index (χ3n) is 5.67. The summed E-state index contributed by atoms with van der Waals surface area (Å²) in [5.41, 5.74) is 1.90. The highest BCUT2D eigenvalue weighted by Crippen LogP contribution is 2.16. The average molecular weight is 498 g/mol. The van der Waals surface area contributed by atoms with Gasteiger partial charge in [0.25, 0.3) is 0 Å². The Labute approximate surface area is 216 Å². The molecule has 2 rings (SSSR count). The Balaban J connectivity index is 1.58. The number of ether oxygens (including phenoxy) is 3. The number of esters is 2. The minimum atomic E-state index is -0.678. The summed E-state index contributed by atoms with van der Waals surface area (Å²) >= 11 is 0. The summed E-state index contributed by atoms with van der Waals surface area (Å²) in [5, 5.41) is 3.51. The molecule has 0 aliphatic rings. The summed E-state index contributed by atoms with van der Waals surface area (Å²) in [4.78, 5) is 23.9. The van der Waals surface area contributed by atoms with E-state index in [1.807, 2.05) is 51.1 Å². The third-order valence-corrected chi connectivity index (χ3v) is 5.67. The number of para-hydroxylation sites is 1. The summed E-state index contributed by atoms with van der Waals surface area (Å²) in [6, 6.07) is 17.6. The predicted octanol–water partition coefficient (Wildman–Crippen LogP) is 5.66. The highest BCUT2D eigenvalue weighted by molar-refractivity contribution is 5.75. The van der Waals surface area contributed by atoms with Crippen LogP contribution in [0.2, 0.25) is 0 Å². The van der Waals surface area contributed by atoms with Crippen LogP contribution in [0.3, 0.4) is 0 Å². The molecule has 0 radical (unpaired) electrons. The van der Waals surface area contributed by atoms with E-state index in [9.17, 15) is 9.59 Å². The van der Waals surface area contributed by atoms with Crippen molar-refractivity contribution in [2.45, 2.75) is 83.8 Å². The minimum absolute atomic E-state index is 0.0963. The van der Waals surface area contributed by atoms with Crippen LogP contribution in [0, 0.1) is 0 Å². The van der Waals surface area contributed by atoms with Gasteiger partial charge in [0.2, 0.25) is 0 Å². The van der Waals surface area contributed by atoms with Crippen molar-refractivity contribution >= 4 is 11.9 Å². The van der Waals surface area contributed by atoms with Crippen LogP contribution in [0.25, 0.3) is 0 Å². The Morgan fingerprint density at radius 2 is 1.47 bits per heavy atom. The van der Waals surface area contributed by atoms with Gasteiger partial charge in [-0.25, -0.2) is 4.79 Å². The topological polar surface area (TPSA) is 73.9 Å². The Hall–Kier alpha value is -2.86. The van der Waals surface area contributed by atoms with Gasteiger partial charge in [-0.3, -0.25) is 4.79 Å². The van der Waals surface area contributed by atoms with E-state index >= 15 is 0 Å². The Morgan fingerprint density at radius 1 is 0.833 bits per heavy atom. The molecule has 0 spiro atoms. The fourth-order valence-electron chi connectivity index (χ4n) is 3.82. The Kier molecular flexibility index (Phi) is 13.1. The number of unbranched alkanes of at least 4 members (excludes halogenated alkanes) is 4. The fraction of sp³-hybridized carbons (Fsp3) is 0.533. The van der Waals surface area contributed by atoms with Crippen LogP contribution in [-0.4, -0.2) is 43.8 Å². The van der Waals surface area contributed by atoms with Crippen LogP contribution in [-0.2, 0) is 31.9 Å². The largest absolute Gasteiger partial charge is 0.478 e. The lowest BCUT2D eigenvalue weighted by atomic mass is 10.0. The zero-order chi connectivity index (χ0) is 26.2. The summed E-state index contributed by atoms with van der Waals surface area (Å²) in [6.07, 6.45) is 6.67. The normalized spacial score (nSPS) is 12.1. The molecule has 0 amide bonds. The standard InChI is InChI=1S/C30H43NO5/c1-30(2,3)36-28(32)15-11-6-5-7-12-21-31-22-20-24-16-18-25(19-17-24)23-27(29(33)34-4)35-26-13-9-8-10-14-26/h8-10,13-14,16-19,27,31H,5-7,11-12,15,20-23H2,1-4H3. The number of benzene rings is 2. The lowest BCUT2D eigenvalue weighted by molar-refractivity contribution is -0.155. The molecule has 0 heterocycles. The van der Waals surface area contributed by atoms with E-state index in [-0.39, 0.29) is 11.9 Å². The predicted molar refractivity (Wildman–Crippen MR) is 143 cm³/mol. The highest BCUT2D eigenvalue weighted by atomic mass is 16.6. The number of carbonyl (C=O) groups excluding carboxylic acids is 2. The molecule has 0 bridgehead atoms. The molecule has 1 unspecified atom stereocenters. The van der Waals surface area contributed by atoms with Gasteiger partial charge in [0.05, 0.1) is 7.11 Å². The first-order valence-corrected chi connectivity index (χ1v) is 13.1. The SMILES string of the molecule is COC(=O)C(Cc1ccc(CCNCCCCCCCC(=O)OC(C)(C)C)cc1)Oc1ccccc1. The molecular formula is C30H43NO5. The van der Waals surface area contributed by atoms with E-state index in [1.165, 1.54) is 19.1 Å². The van der Waals surface area contributed by atoms with Crippen molar-refractivity contribution in [1.29, 1.82) is 0 Å². The van der Waals surface area contributed by atoms with Crippen molar-refractivity contribution in [2.24, 2.45) is 0 Å². The van der Waals surface area contributed by atoms with E-state index in [1.54, 1.807) is 0 Å². The van der Waals surface area contributed by atoms with Gasteiger partial charge in [0.1, 0.15) is 11.4 Å². The summed E-state index contributed by atoms with van der Waals surface area (Å²) in [5.74, 6) is 0.174. The van der Waals surface area contributed by atoms with Gasteiger partial charge in [0.15, 0.2) is 6.10 Å². The van der Waals surface area contributed by atoms with Crippen molar-refractivity contribution in [2.75, 3.05) is 20.2 Å². The Morgan fingerprint density at radius 3 is 2.14 bits per heavy atom. The monoisotopic (exact) mass is 497 g/mol. The van der Waals surface area contributed by atoms with Gasteiger partial charge in [-0.15, -0.1) is 0 Å². The van der Waals surface area contributed by atoms with Crippen molar-refractivity contribution in [3.8, 4) is 5.75 Å². The van der Waals surface area contributed by atoms with E-state index in [0.29, 0.717) is 18.6 Å². The molecule has 1 atom stereocenters. The molecule has 0 aliphatic carbocycles. The van der Waals surface area contributed by atoms with E-state index in [0.717, 1.165) is 50.8 Å². The van der Waals surface area contributed by atoms with Crippen LogP contribution in [0.15, 0.2) is 54.6 Å². The number of nitrogens with one attached hydrogen (secondary N) is 1. The number of hydrogen-bond donors (Lipinski definition) is 1. The van der Waals surface area contributed by atoms with Gasteiger partial charge in [-0.2, -0.15) is 0 Å². The highest BCUT2D eigenvalue weighted by Gasteiger charge is 2.22. The molecule has 0 aromatic heterocycles. The molecular weight excluding hydrogens is 454 g/mol. The van der Waals surface area contributed by atoms with Crippen molar-refractivity contribution in [3.63, 3.8) is 0 Å². The molecule has 36 heavy (non-hydrogen) atoms. The van der Waals surface area contributed by atoms with Gasteiger partial charge < -0.3 is 19.5 Å². The van der Waals surface area contributed by atoms with Crippen LogP contribution in [0.4, 0.5) is 0 Å². The Bertz CT molecular complexity index is 890. The minimum Gasteiger partial charge on any atom is -0.478 e. The molecule has 198 valence electrons. The lowest BCUT2D eigenvalue weighted by Gasteiger charge is -2.19. The molecule has 0 saturated heterocycles. The maximum Gasteiger partial charge on any atom is 0.347 e. The molecule has 2 aromatic carbocycles. The number of hydrogen-bond acceptors (Lipinski definition) is 6. The molecule has 6 heteroatoms. The molecule has 6 nitrogen and oxygen atoms in total. The molecule has 0 fully saturated rings. The number of methoxy groups -OCH3 is 1. The van der Waals surface area contributed by atoms with Crippen molar-refractivity contribution in [3.05, 3.63) is 65.7 Å². The second kappa shape index (κ2) is 16.0. The average Bonchev–Trinajstić information content (AvgIpc) is 2.84. The second-order valence-electron chi connectivity index (χ2n) is 10.1. The van der Waals surface area contributed by atoms with Crippen LogP contribution >= 0.6 is 0 Å². The van der Waals surface area contributed by atoms with E-state index in [4.69, 9.17) is 14.2 Å². The van der Waals surface area contributed by atoms with Gasteiger partial charge >= 0.3 is 11.9 Å². The quantitative estimate of drug-likeness (QED) is 0.238. The lowest BCUT2D eigenvalue weighted by Crippen LogP contribution is -2.30. The first kappa shape index (κ1) is 29.4. The van der Waals surface area contributed by atoms with Crippen molar-refractivity contribution < 1.29 is 23.8 Å². The van der Waals surface area contributed by atoms with E-state index in [2.05, 4.69) is 29.6 Å². The third kappa shape index (κ3) is 12.7. The summed E-state index contributed by atoms with van der Waals surface area (Å²) < 4.78 is 16.1. The molecule has 2 aromatic rings. The zero-order valence-electron chi connectivity index (χ0n) is 22.4. The maximum atomic E-state index is 12.2. The van der Waals surface area contributed by atoms with Crippen LogP contribution in [0.5, 0.6) is 5.75 Å². The van der Waals surface area contributed by atoms with Gasteiger partial charge in [-0.05, 0) is 76.4 Å². The van der Waals surface area contributed by atoms with Gasteiger partial charge in [-0.1, -0.05) is 61.7 Å². The number of carbonyl (C=O) groups is 2. The molecule has 1 N–H and O–H groups in total. The zero-order valence-corrected chi connectivity index (χ0v) is 22.4. The first-order valence-electron chi connectivity index (χ1n) is 13.1.